The molecular weight excluding hydrogens is 138 g/mol. The molecular formula is C8H21NSi. The van der Waals surface area contributed by atoms with E-state index >= 15 is 0 Å². The molecule has 0 heterocycles. The minimum atomic E-state index is 0.701. The largest absolute Gasteiger partial charge is 0.300 e. The van der Waals surface area contributed by atoms with Crippen LogP contribution in [0.4, 0.5) is 0 Å². The van der Waals surface area contributed by atoms with E-state index in [2.05, 4.69) is 39.5 Å². The summed E-state index contributed by atoms with van der Waals surface area (Å²) in [5.74, 6) is 0. The third-order valence-corrected chi connectivity index (χ3v) is 2.39. The number of hydrogen-bond acceptors (Lipinski definition) is 1. The van der Waals surface area contributed by atoms with E-state index in [0.29, 0.717) is 12.1 Å². The van der Waals surface area contributed by atoms with Gasteiger partial charge in [0.25, 0.3) is 0 Å². The van der Waals surface area contributed by atoms with Crippen molar-refractivity contribution in [1.29, 1.82) is 0 Å². The zero-order valence-corrected chi connectivity index (χ0v) is 10.2. The monoisotopic (exact) mass is 159 g/mol. The van der Waals surface area contributed by atoms with Gasteiger partial charge in [-0.2, -0.15) is 0 Å². The van der Waals surface area contributed by atoms with Gasteiger partial charge in [0, 0.05) is 22.3 Å². The van der Waals surface area contributed by atoms with Crippen LogP contribution in [-0.2, 0) is 0 Å². The molecule has 0 fully saturated rings. The molecule has 0 aromatic rings. The fourth-order valence-electron chi connectivity index (χ4n) is 1.79. The molecule has 10 heavy (non-hydrogen) atoms. The molecule has 1 atom stereocenters. The van der Waals surface area contributed by atoms with Gasteiger partial charge in [-0.25, -0.2) is 0 Å². The van der Waals surface area contributed by atoms with E-state index in [9.17, 15) is 0 Å². The van der Waals surface area contributed by atoms with Gasteiger partial charge in [0.15, 0.2) is 0 Å². The maximum Gasteiger partial charge on any atom is 0.0241 e. The highest BCUT2D eigenvalue weighted by molar-refractivity contribution is 6.11. The highest BCUT2D eigenvalue weighted by Crippen LogP contribution is 2.07. The first-order valence-corrected chi connectivity index (χ1v) is 5.39. The molecule has 0 N–H and O–H groups in total. The standard InChI is InChI=1S/C8H21NSi/c1-6(2)9(7(3)4)8(5)10/h6-8H,1-5,10H3. The molecule has 0 aliphatic carbocycles. The van der Waals surface area contributed by atoms with Crippen molar-refractivity contribution in [1.82, 2.24) is 4.90 Å². The second-order valence-corrected chi connectivity index (χ2v) is 5.40. The van der Waals surface area contributed by atoms with Crippen LogP contribution < -0.4 is 0 Å². The van der Waals surface area contributed by atoms with Gasteiger partial charge >= 0.3 is 0 Å². The van der Waals surface area contributed by atoms with Crippen LogP contribution in [-0.4, -0.2) is 32.9 Å². The summed E-state index contributed by atoms with van der Waals surface area (Å²) in [6.45, 7) is 11.4. The third kappa shape index (κ3) is 2.84. The molecule has 0 aliphatic heterocycles. The summed E-state index contributed by atoms with van der Waals surface area (Å²) < 4.78 is 0. The lowest BCUT2D eigenvalue weighted by Crippen LogP contribution is -2.43. The van der Waals surface area contributed by atoms with Crippen LogP contribution in [0, 0.1) is 0 Å². The van der Waals surface area contributed by atoms with Crippen LogP contribution in [0.25, 0.3) is 0 Å². The quantitative estimate of drug-likeness (QED) is 0.551. The van der Waals surface area contributed by atoms with Crippen LogP contribution in [0.15, 0.2) is 0 Å². The van der Waals surface area contributed by atoms with Gasteiger partial charge < -0.3 is 0 Å². The summed E-state index contributed by atoms with van der Waals surface area (Å²) in [5.41, 5.74) is 0.806. The maximum atomic E-state index is 2.56. The molecule has 2 heteroatoms. The molecule has 1 unspecified atom stereocenters. The Morgan fingerprint density at radius 3 is 1.20 bits per heavy atom. The molecule has 0 amide bonds. The van der Waals surface area contributed by atoms with Crippen molar-refractivity contribution in [2.75, 3.05) is 0 Å². The Morgan fingerprint density at radius 1 is 0.900 bits per heavy atom. The van der Waals surface area contributed by atoms with Crippen molar-refractivity contribution in [2.24, 2.45) is 0 Å². The first-order valence-electron chi connectivity index (χ1n) is 4.24. The van der Waals surface area contributed by atoms with Gasteiger partial charge in [-0.05, 0) is 33.4 Å². The molecule has 0 radical (unpaired) electrons. The van der Waals surface area contributed by atoms with E-state index in [4.69, 9.17) is 0 Å². The van der Waals surface area contributed by atoms with Crippen molar-refractivity contribution in [2.45, 2.75) is 52.4 Å². The topological polar surface area (TPSA) is 3.24 Å². The van der Waals surface area contributed by atoms with Crippen LogP contribution in [0.3, 0.4) is 0 Å². The van der Waals surface area contributed by atoms with Gasteiger partial charge in [0.1, 0.15) is 0 Å². The van der Waals surface area contributed by atoms with E-state index in [0.717, 1.165) is 5.67 Å². The summed E-state index contributed by atoms with van der Waals surface area (Å²) in [5, 5.41) is 0. The normalized spacial score (nSPS) is 15.6. The average Bonchev–Trinajstić information content (AvgIpc) is 1.59. The highest BCUT2D eigenvalue weighted by atomic mass is 28.1. The predicted molar refractivity (Wildman–Crippen MR) is 51.5 cm³/mol. The van der Waals surface area contributed by atoms with Gasteiger partial charge in [-0.1, -0.05) is 6.92 Å². The zero-order valence-electron chi connectivity index (χ0n) is 8.18. The third-order valence-electron chi connectivity index (χ3n) is 1.79. The molecule has 0 rings (SSSR count). The summed E-state index contributed by atoms with van der Waals surface area (Å²) in [6.07, 6.45) is 0. The Kier molecular flexibility index (Phi) is 4.21. The molecule has 1 nitrogen and oxygen atoms in total. The molecule has 0 spiro atoms. The van der Waals surface area contributed by atoms with Gasteiger partial charge in [-0.15, -0.1) is 0 Å². The number of hydrogen-bond donors (Lipinski definition) is 0. The maximum absolute atomic E-state index is 2.56. The summed E-state index contributed by atoms with van der Waals surface area (Å²) in [7, 11) is 1.27. The average molecular weight is 159 g/mol. The second kappa shape index (κ2) is 4.14. The fourth-order valence-corrected chi connectivity index (χ4v) is 2.98. The summed E-state index contributed by atoms with van der Waals surface area (Å²) in [6, 6.07) is 1.40. The van der Waals surface area contributed by atoms with E-state index in [1.54, 1.807) is 0 Å². The predicted octanol–water partition coefficient (Wildman–Crippen LogP) is 0.817. The summed E-state index contributed by atoms with van der Waals surface area (Å²) in [4.78, 5) is 2.56. The minimum absolute atomic E-state index is 0.701. The Bertz CT molecular complexity index is 70.2. The lowest BCUT2D eigenvalue weighted by Gasteiger charge is -2.34. The van der Waals surface area contributed by atoms with Crippen molar-refractivity contribution in [3.8, 4) is 0 Å². The highest BCUT2D eigenvalue weighted by Gasteiger charge is 2.15. The first-order chi connectivity index (χ1) is 4.46. The van der Waals surface area contributed by atoms with Crippen LogP contribution in [0.2, 0.25) is 0 Å². The SMILES string of the molecule is CC(C)N(C(C)C)C(C)[SiH3]. The van der Waals surface area contributed by atoms with Gasteiger partial charge in [0.05, 0.1) is 0 Å². The van der Waals surface area contributed by atoms with Crippen molar-refractivity contribution >= 4 is 10.2 Å². The lowest BCUT2D eigenvalue weighted by molar-refractivity contribution is 0.164. The summed E-state index contributed by atoms with van der Waals surface area (Å²) >= 11 is 0. The molecule has 0 bridgehead atoms. The minimum Gasteiger partial charge on any atom is -0.300 e. The van der Waals surface area contributed by atoms with Crippen molar-refractivity contribution in [3.05, 3.63) is 0 Å². The van der Waals surface area contributed by atoms with Gasteiger partial charge in [0.2, 0.25) is 0 Å². The van der Waals surface area contributed by atoms with E-state index in [1.165, 1.54) is 10.2 Å². The van der Waals surface area contributed by atoms with Gasteiger partial charge in [-0.3, -0.25) is 4.90 Å². The lowest BCUT2D eigenvalue weighted by atomic mass is 10.2. The Balaban J connectivity index is 3.98. The first kappa shape index (κ1) is 10.2. The van der Waals surface area contributed by atoms with Crippen LogP contribution in [0.5, 0.6) is 0 Å². The van der Waals surface area contributed by atoms with Crippen LogP contribution >= 0.6 is 0 Å². The zero-order chi connectivity index (χ0) is 8.31. The van der Waals surface area contributed by atoms with Crippen LogP contribution in [0.1, 0.15) is 34.6 Å². The Labute approximate surface area is 68.2 Å². The van der Waals surface area contributed by atoms with Crippen molar-refractivity contribution < 1.29 is 0 Å². The number of nitrogens with zero attached hydrogens (tertiary/aromatic N) is 1. The molecule has 0 aliphatic rings. The molecule has 0 saturated carbocycles. The fraction of sp³-hybridized carbons (Fsp3) is 1.00. The Morgan fingerprint density at radius 2 is 1.20 bits per heavy atom. The molecule has 0 saturated heterocycles. The Hall–Kier alpha value is 0.177. The van der Waals surface area contributed by atoms with Crippen molar-refractivity contribution in [3.63, 3.8) is 0 Å². The molecule has 62 valence electrons. The second-order valence-electron chi connectivity index (χ2n) is 3.73. The smallest absolute Gasteiger partial charge is 0.0241 e. The molecule has 0 aromatic carbocycles. The number of rotatable bonds is 3. The van der Waals surface area contributed by atoms with E-state index in [1.807, 2.05) is 0 Å². The molecule has 0 aromatic heterocycles. The van der Waals surface area contributed by atoms with E-state index < -0.39 is 0 Å². The van der Waals surface area contributed by atoms with E-state index in [-0.39, 0.29) is 0 Å².